The Kier molecular flexibility index (Phi) is 7.00. The minimum absolute atomic E-state index is 0.297. The summed E-state index contributed by atoms with van der Waals surface area (Å²) in [4.78, 5) is 0.655. The molecule has 1 aromatic carbocycles. The summed E-state index contributed by atoms with van der Waals surface area (Å²) >= 11 is 12.2. The van der Waals surface area contributed by atoms with Crippen LogP contribution in [0, 0.1) is 5.92 Å². The van der Waals surface area contributed by atoms with Crippen LogP contribution in [-0.4, -0.2) is 22.5 Å². The molecule has 1 fully saturated rings. The van der Waals surface area contributed by atoms with E-state index in [1.807, 2.05) is 0 Å². The van der Waals surface area contributed by atoms with Crippen molar-refractivity contribution in [1.29, 1.82) is 0 Å². The van der Waals surface area contributed by atoms with E-state index in [4.69, 9.17) is 23.2 Å². The topological polar surface area (TPSA) is 29.1 Å². The highest BCUT2D eigenvalue weighted by Crippen LogP contribution is 2.29. The fourth-order valence-electron chi connectivity index (χ4n) is 3.06. The van der Waals surface area contributed by atoms with Crippen LogP contribution in [0.25, 0.3) is 0 Å². The zero-order valence-electron chi connectivity index (χ0n) is 12.4. The molecule has 0 radical (unpaired) electrons. The van der Waals surface area contributed by atoms with Gasteiger partial charge >= 0.3 is 0 Å². The first kappa shape index (κ1) is 17.3. The molecule has 21 heavy (non-hydrogen) atoms. The van der Waals surface area contributed by atoms with E-state index in [0.717, 1.165) is 6.54 Å². The van der Waals surface area contributed by atoms with Gasteiger partial charge in [-0.05, 0) is 43.5 Å². The van der Waals surface area contributed by atoms with E-state index in [2.05, 4.69) is 12.2 Å². The van der Waals surface area contributed by atoms with Gasteiger partial charge in [0, 0.05) is 16.8 Å². The maximum atomic E-state index is 12.7. The second kappa shape index (κ2) is 8.52. The van der Waals surface area contributed by atoms with E-state index < -0.39 is 10.8 Å². The zero-order valence-corrected chi connectivity index (χ0v) is 14.7. The van der Waals surface area contributed by atoms with Crippen LogP contribution in [0.15, 0.2) is 23.1 Å². The monoisotopic (exact) mass is 347 g/mol. The fraction of sp³-hybridized carbons (Fsp3) is 0.625. The van der Waals surface area contributed by atoms with Crippen molar-refractivity contribution in [3.8, 4) is 0 Å². The smallest absolute Gasteiger partial charge is 0.0589 e. The Labute approximate surface area is 140 Å². The summed E-state index contributed by atoms with van der Waals surface area (Å²) in [6.07, 6.45) is 6.38. The number of hydrogen-bond acceptors (Lipinski definition) is 2. The number of nitrogens with one attached hydrogen (secondary N) is 1. The third kappa shape index (κ3) is 4.95. The lowest BCUT2D eigenvalue weighted by Gasteiger charge is -2.30. The normalized spacial score (nSPS) is 19.4. The van der Waals surface area contributed by atoms with Crippen molar-refractivity contribution in [2.75, 3.05) is 12.3 Å². The SMILES string of the molecule is CCNC(CS(=O)c1cc(Cl)ccc1Cl)C1CCCCC1. The molecule has 0 aromatic heterocycles. The highest BCUT2D eigenvalue weighted by molar-refractivity contribution is 7.85. The quantitative estimate of drug-likeness (QED) is 0.810. The van der Waals surface area contributed by atoms with Gasteiger partial charge in [-0.2, -0.15) is 0 Å². The second-order valence-corrected chi connectivity index (χ2v) is 7.96. The molecule has 1 aliphatic rings. The maximum Gasteiger partial charge on any atom is 0.0589 e. The van der Waals surface area contributed by atoms with Gasteiger partial charge in [0.25, 0.3) is 0 Å². The lowest BCUT2D eigenvalue weighted by molar-refractivity contribution is 0.287. The molecule has 1 aromatic rings. The van der Waals surface area contributed by atoms with Crippen LogP contribution in [0.3, 0.4) is 0 Å². The van der Waals surface area contributed by atoms with Crippen LogP contribution >= 0.6 is 23.2 Å². The van der Waals surface area contributed by atoms with Gasteiger partial charge < -0.3 is 5.32 Å². The Morgan fingerprint density at radius 1 is 1.29 bits per heavy atom. The minimum atomic E-state index is -1.12. The molecular weight excluding hydrogens is 325 g/mol. The molecule has 0 heterocycles. The van der Waals surface area contributed by atoms with Crippen LogP contribution in [0.2, 0.25) is 10.0 Å². The third-order valence-electron chi connectivity index (χ3n) is 4.15. The first-order valence-corrected chi connectivity index (χ1v) is 9.76. The van der Waals surface area contributed by atoms with Crippen molar-refractivity contribution in [2.24, 2.45) is 5.92 Å². The minimum Gasteiger partial charge on any atom is -0.313 e. The van der Waals surface area contributed by atoms with Crippen molar-refractivity contribution >= 4 is 34.0 Å². The van der Waals surface area contributed by atoms with Crippen molar-refractivity contribution < 1.29 is 4.21 Å². The zero-order chi connectivity index (χ0) is 15.2. The Morgan fingerprint density at radius 2 is 2.00 bits per heavy atom. The number of rotatable bonds is 6. The summed E-state index contributed by atoms with van der Waals surface area (Å²) in [6, 6.07) is 5.48. The lowest BCUT2D eigenvalue weighted by atomic mass is 9.84. The molecule has 1 saturated carbocycles. The van der Waals surface area contributed by atoms with E-state index in [1.165, 1.54) is 32.1 Å². The second-order valence-electron chi connectivity index (χ2n) is 5.65. The Balaban J connectivity index is 2.08. The first-order chi connectivity index (χ1) is 10.1. The Hall–Kier alpha value is -0.0900. The predicted octanol–water partition coefficient (Wildman–Crippen LogP) is 4.66. The van der Waals surface area contributed by atoms with E-state index in [9.17, 15) is 4.21 Å². The lowest BCUT2D eigenvalue weighted by Crippen LogP contribution is -2.41. The van der Waals surface area contributed by atoms with Crippen molar-refractivity contribution in [2.45, 2.75) is 50.0 Å². The van der Waals surface area contributed by atoms with Crippen LogP contribution < -0.4 is 5.32 Å². The van der Waals surface area contributed by atoms with E-state index in [-0.39, 0.29) is 0 Å². The molecule has 0 aliphatic heterocycles. The van der Waals surface area contributed by atoms with Crippen molar-refractivity contribution in [3.05, 3.63) is 28.2 Å². The molecule has 1 N–H and O–H groups in total. The summed E-state index contributed by atoms with van der Waals surface area (Å²) in [5, 5.41) is 4.64. The Bertz CT molecular complexity index is 489. The largest absolute Gasteiger partial charge is 0.313 e. The average molecular weight is 348 g/mol. The van der Waals surface area contributed by atoms with E-state index >= 15 is 0 Å². The maximum absolute atomic E-state index is 12.7. The van der Waals surface area contributed by atoms with Crippen molar-refractivity contribution in [3.63, 3.8) is 0 Å². The van der Waals surface area contributed by atoms with Gasteiger partial charge in [0.05, 0.1) is 20.7 Å². The summed E-state index contributed by atoms with van der Waals surface area (Å²) < 4.78 is 12.7. The van der Waals surface area contributed by atoms with Crippen molar-refractivity contribution in [1.82, 2.24) is 5.32 Å². The Morgan fingerprint density at radius 3 is 2.67 bits per heavy atom. The van der Waals surface area contributed by atoms with Gasteiger partial charge in [-0.25, -0.2) is 0 Å². The molecular formula is C16H23Cl2NOS. The summed E-state index contributed by atoms with van der Waals surface area (Å²) in [5.74, 6) is 1.24. The summed E-state index contributed by atoms with van der Waals surface area (Å²) in [7, 11) is -1.12. The van der Waals surface area contributed by atoms with Crippen LogP contribution in [0.1, 0.15) is 39.0 Å². The molecule has 0 bridgehead atoms. The third-order valence-corrected chi connectivity index (χ3v) is 6.32. The molecule has 1 aliphatic carbocycles. The predicted molar refractivity (Wildman–Crippen MR) is 91.8 cm³/mol. The first-order valence-electron chi connectivity index (χ1n) is 7.68. The van der Waals surface area contributed by atoms with Gasteiger partial charge in [-0.1, -0.05) is 49.4 Å². The molecule has 2 unspecified atom stereocenters. The highest BCUT2D eigenvalue weighted by atomic mass is 35.5. The average Bonchev–Trinajstić information content (AvgIpc) is 2.50. The molecule has 0 saturated heterocycles. The van der Waals surface area contributed by atoms with Crippen LogP contribution in [0.5, 0.6) is 0 Å². The number of halogens is 2. The standard InChI is InChI=1S/C16H23Cl2NOS/c1-2-19-15(12-6-4-3-5-7-12)11-21(20)16-10-13(17)8-9-14(16)18/h8-10,12,15,19H,2-7,11H2,1H3. The fourth-order valence-corrected chi connectivity index (χ4v) is 5.12. The highest BCUT2D eigenvalue weighted by Gasteiger charge is 2.25. The van der Waals surface area contributed by atoms with Gasteiger partial charge in [0.1, 0.15) is 0 Å². The van der Waals surface area contributed by atoms with Gasteiger partial charge in [-0.15, -0.1) is 0 Å². The molecule has 2 nitrogen and oxygen atoms in total. The number of benzene rings is 1. The van der Waals surface area contributed by atoms with Crippen LogP contribution in [-0.2, 0) is 10.8 Å². The molecule has 118 valence electrons. The van der Waals surface area contributed by atoms with Gasteiger partial charge in [0.15, 0.2) is 0 Å². The summed E-state index contributed by atoms with van der Waals surface area (Å²) in [5.41, 5.74) is 0. The van der Waals surface area contributed by atoms with Crippen LogP contribution in [0.4, 0.5) is 0 Å². The van der Waals surface area contributed by atoms with E-state index in [1.54, 1.807) is 18.2 Å². The van der Waals surface area contributed by atoms with E-state index in [0.29, 0.717) is 32.7 Å². The molecule has 0 amide bonds. The molecule has 5 heteroatoms. The molecule has 2 rings (SSSR count). The summed E-state index contributed by atoms with van der Waals surface area (Å²) in [6.45, 7) is 3.01. The molecule has 2 atom stereocenters. The molecule has 0 spiro atoms. The number of hydrogen-bond donors (Lipinski definition) is 1. The van der Waals surface area contributed by atoms with Gasteiger partial charge in [0.2, 0.25) is 0 Å². The van der Waals surface area contributed by atoms with Gasteiger partial charge in [-0.3, -0.25) is 4.21 Å².